The van der Waals surface area contributed by atoms with Gasteiger partial charge in [0.1, 0.15) is 6.42 Å². The molecule has 0 saturated carbocycles. The van der Waals surface area contributed by atoms with Gasteiger partial charge in [-0.3, -0.25) is 4.79 Å². The van der Waals surface area contributed by atoms with Crippen molar-refractivity contribution in [2.45, 2.75) is 6.42 Å². The van der Waals surface area contributed by atoms with E-state index in [2.05, 4.69) is 11.8 Å². The van der Waals surface area contributed by atoms with E-state index in [0.717, 1.165) is 0 Å². The molecule has 0 aliphatic carbocycles. The molecule has 1 rings (SSSR count). The molecule has 14 heavy (non-hydrogen) atoms. The Hall–Kier alpha value is -1.17. The molecule has 0 aliphatic heterocycles. The predicted molar refractivity (Wildman–Crippen MR) is 55.6 cm³/mol. The Labute approximate surface area is 91.5 Å². The first kappa shape index (κ1) is 10.9. The molecule has 1 aromatic carbocycles. The topological polar surface area (TPSA) is 37.3 Å². The largest absolute Gasteiger partial charge is 0.481 e. The molecule has 1 aromatic rings. The lowest BCUT2D eigenvalue weighted by molar-refractivity contribution is -0.135. The molecular formula is C10H6Cl2O2. The molecule has 72 valence electrons. The van der Waals surface area contributed by atoms with E-state index in [4.69, 9.17) is 28.3 Å². The summed E-state index contributed by atoms with van der Waals surface area (Å²) in [7, 11) is 0. The molecule has 0 saturated heterocycles. The van der Waals surface area contributed by atoms with Crippen LogP contribution in [0.2, 0.25) is 10.0 Å². The summed E-state index contributed by atoms with van der Waals surface area (Å²) in [5, 5.41) is 9.31. The molecule has 0 aliphatic rings. The highest BCUT2D eigenvalue weighted by atomic mass is 35.5. The van der Waals surface area contributed by atoms with Crippen LogP contribution in [-0.2, 0) is 4.79 Å². The maximum absolute atomic E-state index is 10.2. The van der Waals surface area contributed by atoms with E-state index in [1.807, 2.05) is 0 Å². The van der Waals surface area contributed by atoms with Crippen LogP contribution in [0.15, 0.2) is 18.2 Å². The van der Waals surface area contributed by atoms with Gasteiger partial charge in [-0.2, -0.15) is 0 Å². The summed E-state index contributed by atoms with van der Waals surface area (Å²) < 4.78 is 0. The summed E-state index contributed by atoms with van der Waals surface area (Å²) >= 11 is 11.4. The van der Waals surface area contributed by atoms with Crippen molar-refractivity contribution in [3.8, 4) is 11.8 Å². The summed E-state index contributed by atoms with van der Waals surface area (Å²) in [6.45, 7) is 0. The van der Waals surface area contributed by atoms with Crippen LogP contribution < -0.4 is 0 Å². The monoisotopic (exact) mass is 228 g/mol. The molecule has 0 atom stereocenters. The maximum atomic E-state index is 10.2. The number of carboxylic acid groups (broad SMARTS) is 1. The molecule has 1 N–H and O–H groups in total. The number of carboxylic acids is 1. The molecule has 0 fully saturated rings. The minimum atomic E-state index is -0.953. The molecule has 0 unspecified atom stereocenters. The first-order valence-corrected chi connectivity index (χ1v) is 4.50. The molecule has 2 nitrogen and oxygen atoms in total. The number of carbonyl (C=O) groups is 1. The first-order chi connectivity index (χ1) is 6.58. The Kier molecular flexibility index (Phi) is 3.82. The van der Waals surface area contributed by atoms with Gasteiger partial charge in [-0.1, -0.05) is 35.0 Å². The van der Waals surface area contributed by atoms with Gasteiger partial charge in [-0.25, -0.2) is 0 Å². The van der Waals surface area contributed by atoms with Gasteiger partial charge in [0.05, 0.1) is 0 Å². The van der Waals surface area contributed by atoms with E-state index in [1.165, 1.54) is 0 Å². The molecular weight excluding hydrogens is 223 g/mol. The van der Waals surface area contributed by atoms with Crippen LogP contribution in [0.3, 0.4) is 0 Å². The maximum Gasteiger partial charge on any atom is 0.315 e. The molecule has 0 heterocycles. The smallest absolute Gasteiger partial charge is 0.315 e. The van der Waals surface area contributed by atoms with Gasteiger partial charge < -0.3 is 5.11 Å². The average molecular weight is 229 g/mol. The Bertz CT molecular complexity index is 396. The first-order valence-electron chi connectivity index (χ1n) is 3.74. The van der Waals surface area contributed by atoms with Crippen LogP contribution in [0.5, 0.6) is 0 Å². The van der Waals surface area contributed by atoms with Crippen molar-refractivity contribution in [2.24, 2.45) is 0 Å². The van der Waals surface area contributed by atoms with Crippen molar-refractivity contribution >= 4 is 29.2 Å². The molecule has 0 amide bonds. The van der Waals surface area contributed by atoms with Crippen molar-refractivity contribution in [3.05, 3.63) is 33.8 Å². The van der Waals surface area contributed by atoms with Crippen molar-refractivity contribution in [2.75, 3.05) is 0 Å². The van der Waals surface area contributed by atoms with E-state index < -0.39 is 5.97 Å². The predicted octanol–water partition coefficient (Wildman–Crippen LogP) is 2.82. The Morgan fingerprint density at radius 3 is 2.36 bits per heavy atom. The Balaban J connectivity index is 2.84. The van der Waals surface area contributed by atoms with Crippen LogP contribution in [-0.4, -0.2) is 11.1 Å². The van der Waals surface area contributed by atoms with E-state index in [0.29, 0.717) is 15.6 Å². The highest BCUT2D eigenvalue weighted by Gasteiger charge is 1.95. The van der Waals surface area contributed by atoms with Gasteiger partial charge in [0.2, 0.25) is 0 Å². The van der Waals surface area contributed by atoms with E-state index in [-0.39, 0.29) is 6.42 Å². The second-order valence-electron chi connectivity index (χ2n) is 2.53. The van der Waals surface area contributed by atoms with Crippen molar-refractivity contribution < 1.29 is 9.90 Å². The zero-order valence-electron chi connectivity index (χ0n) is 7.05. The number of benzene rings is 1. The van der Waals surface area contributed by atoms with Crippen molar-refractivity contribution in [1.29, 1.82) is 0 Å². The van der Waals surface area contributed by atoms with Gasteiger partial charge in [0, 0.05) is 15.6 Å². The van der Waals surface area contributed by atoms with Gasteiger partial charge in [-0.05, 0) is 18.2 Å². The van der Waals surface area contributed by atoms with Gasteiger partial charge in [0.25, 0.3) is 0 Å². The molecule has 0 aromatic heterocycles. The van der Waals surface area contributed by atoms with Crippen molar-refractivity contribution in [1.82, 2.24) is 0 Å². The van der Waals surface area contributed by atoms with Crippen LogP contribution in [0.1, 0.15) is 12.0 Å². The fourth-order valence-electron chi connectivity index (χ4n) is 0.848. The number of halogens is 2. The zero-order valence-corrected chi connectivity index (χ0v) is 8.56. The Morgan fingerprint density at radius 1 is 1.29 bits per heavy atom. The minimum Gasteiger partial charge on any atom is -0.481 e. The lowest BCUT2D eigenvalue weighted by atomic mass is 10.2. The quantitative estimate of drug-likeness (QED) is 0.751. The standard InChI is InChI=1S/C10H6Cl2O2/c11-8-4-7(5-9(12)6-8)2-1-3-10(13)14/h4-6H,3H2,(H,13,14). The minimum absolute atomic E-state index is 0.190. The third kappa shape index (κ3) is 3.69. The fourth-order valence-corrected chi connectivity index (χ4v) is 1.37. The summed E-state index contributed by atoms with van der Waals surface area (Å²) in [4.78, 5) is 10.2. The fraction of sp³-hybridized carbons (Fsp3) is 0.100. The molecule has 4 heteroatoms. The highest BCUT2D eigenvalue weighted by Crippen LogP contribution is 2.18. The lowest BCUT2D eigenvalue weighted by Gasteiger charge is -1.93. The average Bonchev–Trinajstić information content (AvgIpc) is 2.01. The van der Waals surface area contributed by atoms with E-state index in [9.17, 15) is 4.79 Å². The summed E-state index contributed by atoms with van der Waals surface area (Å²) in [6, 6.07) is 4.84. The normalized spacial score (nSPS) is 9.00. The number of hydrogen-bond acceptors (Lipinski definition) is 1. The number of hydrogen-bond donors (Lipinski definition) is 1. The number of aliphatic carboxylic acids is 1. The Morgan fingerprint density at radius 2 is 1.86 bits per heavy atom. The van der Waals surface area contributed by atoms with Gasteiger partial charge in [-0.15, -0.1) is 0 Å². The van der Waals surface area contributed by atoms with Crippen LogP contribution in [0.4, 0.5) is 0 Å². The zero-order chi connectivity index (χ0) is 10.6. The van der Waals surface area contributed by atoms with Crippen LogP contribution in [0.25, 0.3) is 0 Å². The lowest BCUT2D eigenvalue weighted by Crippen LogP contribution is -1.90. The van der Waals surface area contributed by atoms with E-state index >= 15 is 0 Å². The second kappa shape index (κ2) is 4.90. The molecule has 0 spiro atoms. The number of rotatable bonds is 1. The molecule has 0 radical (unpaired) electrons. The highest BCUT2D eigenvalue weighted by molar-refractivity contribution is 6.34. The van der Waals surface area contributed by atoms with Gasteiger partial charge >= 0.3 is 5.97 Å². The summed E-state index contributed by atoms with van der Waals surface area (Å²) in [5.41, 5.74) is 0.615. The van der Waals surface area contributed by atoms with Crippen molar-refractivity contribution in [3.63, 3.8) is 0 Å². The van der Waals surface area contributed by atoms with Gasteiger partial charge in [0.15, 0.2) is 0 Å². The second-order valence-corrected chi connectivity index (χ2v) is 3.40. The molecule has 0 bridgehead atoms. The van der Waals surface area contributed by atoms with E-state index in [1.54, 1.807) is 18.2 Å². The van der Waals surface area contributed by atoms with Crippen LogP contribution in [0, 0.1) is 11.8 Å². The summed E-state index contributed by atoms with van der Waals surface area (Å²) in [6.07, 6.45) is -0.190. The summed E-state index contributed by atoms with van der Waals surface area (Å²) in [5.74, 6) is 4.19. The van der Waals surface area contributed by atoms with Crippen LogP contribution >= 0.6 is 23.2 Å². The SMILES string of the molecule is O=C(O)CC#Cc1cc(Cl)cc(Cl)c1. The third-order valence-electron chi connectivity index (χ3n) is 1.33. The third-order valence-corrected chi connectivity index (χ3v) is 1.77.